The van der Waals surface area contributed by atoms with E-state index in [-0.39, 0.29) is 12.7 Å². The Morgan fingerprint density at radius 2 is 2.41 bits per heavy atom. The van der Waals surface area contributed by atoms with Gasteiger partial charge in [-0.05, 0) is 24.1 Å². The van der Waals surface area contributed by atoms with E-state index in [1.54, 1.807) is 0 Å². The zero-order chi connectivity index (χ0) is 11.9. The molecule has 94 valence electrons. The maximum absolute atomic E-state index is 8.88. The molecule has 1 saturated heterocycles. The Hall–Kier alpha value is -1.10. The van der Waals surface area contributed by atoms with E-state index in [1.807, 2.05) is 24.3 Å². The van der Waals surface area contributed by atoms with E-state index in [2.05, 4.69) is 5.32 Å². The average molecular weight is 237 g/mol. The van der Waals surface area contributed by atoms with E-state index in [4.69, 9.17) is 14.6 Å². The number of morpholine rings is 1. The smallest absolute Gasteiger partial charge is 0.119 e. The van der Waals surface area contributed by atoms with E-state index in [0.717, 1.165) is 31.0 Å². The molecule has 1 aromatic rings. The summed E-state index contributed by atoms with van der Waals surface area (Å²) in [4.78, 5) is 0. The van der Waals surface area contributed by atoms with Crippen LogP contribution in [-0.4, -0.2) is 44.1 Å². The zero-order valence-corrected chi connectivity index (χ0v) is 9.89. The van der Waals surface area contributed by atoms with Crippen molar-refractivity contribution in [1.82, 2.24) is 5.32 Å². The van der Waals surface area contributed by atoms with E-state index in [0.29, 0.717) is 13.0 Å². The summed E-state index contributed by atoms with van der Waals surface area (Å²) in [6, 6.07) is 7.83. The molecule has 2 rings (SSSR count). The summed E-state index contributed by atoms with van der Waals surface area (Å²) >= 11 is 0. The van der Waals surface area contributed by atoms with Crippen LogP contribution in [0, 0.1) is 0 Å². The predicted octanol–water partition coefficient (Wildman–Crippen LogP) is 0.589. The van der Waals surface area contributed by atoms with E-state index < -0.39 is 0 Å². The van der Waals surface area contributed by atoms with Gasteiger partial charge in [-0.3, -0.25) is 0 Å². The monoisotopic (exact) mass is 237 g/mol. The van der Waals surface area contributed by atoms with Gasteiger partial charge in [-0.25, -0.2) is 0 Å². The van der Waals surface area contributed by atoms with Gasteiger partial charge in [0.05, 0.1) is 6.61 Å². The third-order valence-electron chi connectivity index (χ3n) is 2.74. The standard InChI is InChI=1S/C13H19NO3/c15-6-4-11-2-1-3-12(8-11)17-10-13-9-14-5-7-16-13/h1-3,8,13-15H,4-7,9-10H2. The largest absolute Gasteiger partial charge is 0.491 e. The van der Waals surface area contributed by atoms with E-state index in [9.17, 15) is 0 Å². The molecule has 0 amide bonds. The number of benzene rings is 1. The van der Waals surface area contributed by atoms with Crippen molar-refractivity contribution in [3.05, 3.63) is 29.8 Å². The highest BCUT2D eigenvalue weighted by atomic mass is 16.5. The number of nitrogens with one attached hydrogen (secondary N) is 1. The molecule has 0 aliphatic carbocycles. The van der Waals surface area contributed by atoms with Gasteiger partial charge in [-0.2, -0.15) is 0 Å². The molecule has 1 aliphatic heterocycles. The molecule has 0 bridgehead atoms. The average Bonchev–Trinajstić information content (AvgIpc) is 2.39. The summed E-state index contributed by atoms with van der Waals surface area (Å²) in [7, 11) is 0. The lowest BCUT2D eigenvalue weighted by atomic mass is 10.1. The van der Waals surface area contributed by atoms with Crippen LogP contribution in [0.4, 0.5) is 0 Å². The maximum atomic E-state index is 8.88. The lowest BCUT2D eigenvalue weighted by Crippen LogP contribution is -2.41. The van der Waals surface area contributed by atoms with E-state index in [1.165, 1.54) is 0 Å². The third-order valence-corrected chi connectivity index (χ3v) is 2.74. The number of ether oxygens (including phenoxy) is 2. The van der Waals surface area contributed by atoms with Gasteiger partial charge in [-0.1, -0.05) is 12.1 Å². The molecule has 1 aromatic carbocycles. The van der Waals surface area contributed by atoms with Crippen LogP contribution < -0.4 is 10.1 Å². The second-order valence-electron chi connectivity index (χ2n) is 4.13. The summed E-state index contributed by atoms with van der Waals surface area (Å²) < 4.78 is 11.2. The Balaban J connectivity index is 1.83. The molecule has 0 aromatic heterocycles. The van der Waals surface area contributed by atoms with Crippen LogP contribution in [0.1, 0.15) is 5.56 Å². The quantitative estimate of drug-likeness (QED) is 0.787. The lowest BCUT2D eigenvalue weighted by Gasteiger charge is -2.23. The molecule has 0 radical (unpaired) electrons. The van der Waals surface area contributed by atoms with Gasteiger partial charge < -0.3 is 19.9 Å². The number of rotatable bonds is 5. The predicted molar refractivity (Wildman–Crippen MR) is 65.3 cm³/mol. The molecule has 1 unspecified atom stereocenters. The Morgan fingerprint density at radius 1 is 1.47 bits per heavy atom. The molecule has 17 heavy (non-hydrogen) atoms. The number of hydrogen-bond donors (Lipinski definition) is 2. The molecule has 0 saturated carbocycles. The molecule has 4 heteroatoms. The fourth-order valence-electron chi connectivity index (χ4n) is 1.84. The summed E-state index contributed by atoms with van der Waals surface area (Å²) in [5.74, 6) is 0.838. The summed E-state index contributed by atoms with van der Waals surface area (Å²) in [6.45, 7) is 3.24. The van der Waals surface area contributed by atoms with Gasteiger partial charge in [0.15, 0.2) is 0 Å². The van der Waals surface area contributed by atoms with Crippen LogP contribution in [-0.2, 0) is 11.2 Å². The fraction of sp³-hybridized carbons (Fsp3) is 0.538. The minimum absolute atomic E-state index is 0.130. The minimum atomic E-state index is 0.130. The molecular formula is C13H19NO3. The topological polar surface area (TPSA) is 50.7 Å². The number of aliphatic hydroxyl groups excluding tert-OH is 1. The van der Waals surface area contributed by atoms with Gasteiger partial charge in [0.2, 0.25) is 0 Å². The van der Waals surface area contributed by atoms with Crippen molar-refractivity contribution in [1.29, 1.82) is 0 Å². The Kier molecular flexibility index (Phi) is 4.79. The van der Waals surface area contributed by atoms with Crippen molar-refractivity contribution >= 4 is 0 Å². The first-order valence-electron chi connectivity index (χ1n) is 6.03. The van der Waals surface area contributed by atoms with Gasteiger partial charge >= 0.3 is 0 Å². The first kappa shape index (κ1) is 12.4. The van der Waals surface area contributed by atoms with Crippen LogP contribution in [0.15, 0.2) is 24.3 Å². The highest BCUT2D eigenvalue weighted by molar-refractivity contribution is 5.28. The Bertz CT molecular complexity index is 337. The Morgan fingerprint density at radius 3 is 3.18 bits per heavy atom. The van der Waals surface area contributed by atoms with Crippen molar-refractivity contribution in [3.8, 4) is 5.75 Å². The van der Waals surface area contributed by atoms with Gasteiger partial charge in [0, 0.05) is 19.7 Å². The second-order valence-corrected chi connectivity index (χ2v) is 4.13. The summed E-state index contributed by atoms with van der Waals surface area (Å²) in [5.41, 5.74) is 1.09. The number of aliphatic hydroxyl groups is 1. The van der Waals surface area contributed by atoms with Gasteiger partial charge in [-0.15, -0.1) is 0 Å². The van der Waals surface area contributed by atoms with Crippen molar-refractivity contribution in [2.75, 3.05) is 32.9 Å². The SMILES string of the molecule is OCCc1cccc(OCC2CNCCO2)c1. The van der Waals surface area contributed by atoms with Crippen LogP contribution in [0.5, 0.6) is 5.75 Å². The molecule has 1 fully saturated rings. The highest BCUT2D eigenvalue weighted by Gasteiger charge is 2.13. The molecule has 1 atom stereocenters. The normalized spacial score (nSPS) is 20.2. The van der Waals surface area contributed by atoms with Gasteiger partial charge in [0.25, 0.3) is 0 Å². The third kappa shape index (κ3) is 4.00. The molecule has 4 nitrogen and oxygen atoms in total. The van der Waals surface area contributed by atoms with Crippen LogP contribution in [0.2, 0.25) is 0 Å². The summed E-state index contributed by atoms with van der Waals surface area (Å²) in [6.07, 6.45) is 0.795. The Labute approximate surface area is 102 Å². The minimum Gasteiger partial charge on any atom is -0.491 e. The zero-order valence-electron chi connectivity index (χ0n) is 9.89. The van der Waals surface area contributed by atoms with Crippen molar-refractivity contribution < 1.29 is 14.6 Å². The van der Waals surface area contributed by atoms with Gasteiger partial charge in [0.1, 0.15) is 18.5 Å². The van der Waals surface area contributed by atoms with Crippen LogP contribution >= 0.6 is 0 Å². The molecule has 1 aliphatic rings. The van der Waals surface area contributed by atoms with E-state index >= 15 is 0 Å². The van der Waals surface area contributed by atoms with Crippen LogP contribution in [0.25, 0.3) is 0 Å². The summed E-state index contributed by atoms with van der Waals surface area (Å²) in [5, 5.41) is 12.1. The molecule has 1 heterocycles. The van der Waals surface area contributed by atoms with Crippen LogP contribution in [0.3, 0.4) is 0 Å². The molecular weight excluding hydrogens is 218 g/mol. The first-order chi connectivity index (χ1) is 8.38. The maximum Gasteiger partial charge on any atom is 0.119 e. The van der Waals surface area contributed by atoms with Crippen molar-refractivity contribution in [2.24, 2.45) is 0 Å². The number of hydrogen-bond acceptors (Lipinski definition) is 4. The highest BCUT2D eigenvalue weighted by Crippen LogP contribution is 2.14. The first-order valence-corrected chi connectivity index (χ1v) is 6.03. The van der Waals surface area contributed by atoms with Crippen molar-refractivity contribution in [2.45, 2.75) is 12.5 Å². The lowest BCUT2D eigenvalue weighted by molar-refractivity contribution is 0.000178. The van der Waals surface area contributed by atoms with Crippen molar-refractivity contribution in [3.63, 3.8) is 0 Å². The second kappa shape index (κ2) is 6.59. The molecule has 0 spiro atoms. The molecule has 2 N–H and O–H groups in total. The fourth-order valence-corrected chi connectivity index (χ4v) is 1.84.